The van der Waals surface area contributed by atoms with Crippen molar-refractivity contribution >= 4 is 29.0 Å². The third-order valence-corrected chi connectivity index (χ3v) is 4.76. The Labute approximate surface area is 167 Å². The van der Waals surface area contributed by atoms with Crippen molar-refractivity contribution in [3.8, 4) is 5.75 Å². The minimum atomic E-state index is -0.966. The largest absolute Gasteiger partial charge is 0.490 e. The number of aromatic nitrogens is 2. The van der Waals surface area contributed by atoms with Gasteiger partial charge < -0.3 is 9.84 Å². The number of halogens is 1. The summed E-state index contributed by atoms with van der Waals surface area (Å²) in [5, 5.41) is 9.81. The second kappa shape index (κ2) is 8.44. The van der Waals surface area contributed by atoms with Gasteiger partial charge in [-0.25, -0.2) is 4.98 Å². The summed E-state index contributed by atoms with van der Waals surface area (Å²) < 4.78 is 7.30. The number of carbonyl (C=O) groups excluding carboxylic acids is 1. The topological polar surface area (TPSA) is 80.9 Å². The van der Waals surface area contributed by atoms with Crippen molar-refractivity contribution in [3.63, 3.8) is 0 Å². The van der Waals surface area contributed by atoms with Crippen molar-refractivity contribution < 1.29 is 19.4 Å². The van der Waals surface area contributed by atoms with Crippen LogP contribution < -0.4 is 4.74 Å². The zero-order valence-corrected chi connectivity index (χ0v) is 16.4. The first kappa shape index (κ1) is 19.9. The smallest absolute Gasteiger partial charge is 0.303 e. The molecular weight excluding hydrogens is 380 g/mol. The molecule has 0 aliphatic heterocycles. The molecule has 0 fully saturated rings. The lowest BCUT2D eigenvalue weighted by Gasteiger charge is -2.15. The van der Waals surface area contributed by atoms with Crippen molar-refractivity contribution in [1.82, 2.24) is 9.38 Å². The van der Waals surface area contributed by atoms with Gasteiger partial charge in [-0.05, 0) is 43.7 Å². The van der Waals surface area contributed by atoms with Crippen molar-refractivity contribution in [2.45, 2.75) is 32.6 Å². The van der Waals surface area contributed by atoms with E-state index in [0.717, 1.165) is 5.56 Å². The Kier molecular flexibility index (Phi) is 5.99. The summed E-state index contributed by atoms with van der Waals surface area (Å²) in [6.45, 7) is 4.14. The minimum absolute atomic E-state index is 0.0418. The summed E-state index contributed by atoms with van der Waals surface area (Å²) in [5.74, 6) is -1.02. The molecular formula is C21H21ClN2O4. The molecule has 0 aliphatic rings. The molecule has 3 aromatic rings. The molecule has 0 spiro atoms. The number of pyridine rings is 1. The SMILES string of the molecule is CCOc1cccn2c(C(=O)C[C@@H](CC(=O)O)c3cccc(Cl)c3)c(C)nc12. The fraction of sp³-hybridized carbons (Fsp3) is 0.286. The summed E-state index contributed by atoms with van der Waals surface area (Å²) in [4.78, 5) is 29.0. The van der Waals surface area contributed by atoms with Crippen LogP contribution in [0.2, 0.25) is 5.02 Å². The number of aliphatic carboxylic acids is 1. The van der Waals surface area contributed by atoms with Crippen LogP contribution in [0.1, 0.15) is 47.4 Å². The number of rotatable bonds is 8. The van der Waals surface area contributed by atoms with Crippen LogP contribution >= 0.6 is 11.6 Å². The first-order valence-electron chi connectivity index (χ1n) is 9.01. The first-order valence-corrected chi connectivity index (χ1v) is 9.39. The lowest BCUT2D eigenvalue weighted by molar-refractivity contribution is -0.137. The molecule has 146 valence electrons. The molecule has 0 radical (unpaired) electrons. The van der Waals surface area contributed by atoms with Gasteiger partial charge in [0.2, 0.25) is 0 Å². The maximum absolute atomic E-state index is 13.1. The van der Waals surface area contributed by atoms with E-state index in [1.54, 1.807) is 53.9 Å². The maximum Gasteiger partial charge on any atom is 0.303 e. The van der Waals surface area contributed by atoms with Crippen LogP contribution in [0.5, 0.6) is 5.75 Å². The van der Waals surface area contributed by atoms with E-state index in [-0.39, 0.29) is 18.6 Å². The molecule has 0 bridgehead atoms. The van der Waals surface area contributed by atoms with Gasteiger partial charge >= 0.3 is 5.97 Å². The highest BCUT2D eigenvalue weighted by Gasteiger charge is 2.24. The quantitative estimate of drug-likeness (QED) is 0.562. The molecule has 28 heavy (non-hydrogen) atoms. The standard InChI is InChI=1S/C21H21ClN2O4/c1-3-28-18-8-5-9-24-20(13(2)23-21(18)24)17(25)11-15(12-19(26)27)14-6-4-7-16(22)10-14/h4-10,15H,3,11-12H2,1-2H3,(H,26,27)/t15-/m0/s1. The van der Waals surface area contributed by atoms with Crippen LogP contribution in [0.25, 0.3) is 5.65 Å². The molecule has 0 saturated carbocycles. The van der Waals surface area contributed by atoms with Gasteiger partial charge in [0.1, 0.15) is 5.69 Å². The number of imidazole rings is 1. The summed E-state index contributed by atoms with van der Waals surface area (Å²) in [6.07, 6.45) is 1.64. The van der Waals surface area contributed by atoms with E-state index >= 15 is 0 Å². The fourth-order valence-electron chi connectivity index (χ4n) is 3.36. The van der Waals surface area contributed by atoms with Gasteiger partial charge in [-0.3, -0.25) is 14.0 Å². The Bertz CT molecular complexity index is 1030. The van der Waals surface area contributed by atoms with E-state index < -0.39 is 11.9 Å². The van der Waals surface area contributed by atoms with Gasteiger partial charge in [-0.15, -0.1) is 0 Å². The molecule has 0 unspecified atom stereocenters. The number of hydrogen-bond donors (Lipinski definition) is 1. The van der Waals surface area contributed by atoms with Crippen LogP contribution in [0.3, 0.4) is 0 Å². The number of carboxylic acids is 1. The number of fused-ring (bicyclic) bond motifs is 1. The number of nitrogens with zero attached hydrogens (tertiary/aromatic N) is 2. The molecule has 0 amide bonds. The lowest BCUT2D eigenvalue weighted by Crippen LogP contribution is -2.14. The van der Waals surface area contributed by atoms with Gasteiger partial charge in [-0.1, -0.05) is 23.7 Å². The fourth-order valence-corrected chi connectivity index (χ4v) is 3.56. The molecule has 0 aliphatic carbocycles. The van der Waals surface area contributed by atoms with E-state index in [0.29, 0.717) is 34.4 Å². The monoisotopic (exact) mass is 400 g/mol. The summed E-state index contributed by atoms with van der Waals surface area (Å²) in [5.41, 5.74) is 2.32. The highest BCUT2D eigenvalue weighted by Crippen LogP contribution is 2.29. The van der Waals surface area contributed by atoms with Gasteiger partial charge in [0.05, 0.1) is 18.7 Å². The number of benzene rings is 1. The second-order valence-corrected chi connectivity index (χ2v) is 6.96. The number of hydrogen-bond acceptors (Lipinski definition) is 4. The van der Waals surface area contributed by atoms with E-state index in [1.165, 1.54) is 0 Å². The second-order valence-electron chi connectivity index (χ2n) is 6.52. The Hall–Kier alpha value is -2.86. The molecule has 6 nitrogen and oxygen atoms in total. The summed E-state index contributed by atoms with van der Waals surface area (Å²) >= 11 is 6.05. The predicted octanol–water partition coefficient (Wildman–Crippen LogP) is 4.53. The van der Waals surface area contributed by atoms with Crippen LogP contribution in [0.15, 0.2) is 42.6 Å². The highest BCUT2D eigenvalue weighted by molar-refractivity contribution is 6.30. The zero-order chi connectivity index (χ0) is 20.3. The van der Waals surface area contributed by atoms with Gasteiger partial charge in [0.15, 0.2) is 17.2 Å². The molecule has 2 aromatic heterocycles. The van der Waals surface area contributed by atoms with Crippen LogP contribution in [0, 0.1) is 6.92 Å². The van der Waals surface area contributed by atoms with Crippen molar-refractivity contribution in [2.24, 2.45) is 0 Å². The summed E-state index contributed by atoms with van der Waals surface area (Å²) in [6, 6.07) is 10.6. The Balaban J connectivity index is 1.97. The van der Waals surface area contributed by atoms with Gasteiger partial charge in [-0.2, -0.15) is 0 Å². The molecule has 1 atom stereocenters. The molecule has 0 saturated heterocycles. The average molecular weight is 401 g/mol. The first-order chi connectivity index (χ1) is 13.4. The van der Waals surface area contributed by atoms with Gasteiger partial charge in [0.25, 0.3) is 0 Å². The highest BCUT2D eigenvalue weighted by atomic mass is 35.5. The van der Waals surface area contributed by atoms with Gasteiger partial charge in [0, 0.05) is 23.6 Å². The third kappa shape index (κ3) is 4.17. The normalized spacial score (nSPS) is 12.1. The number of carboxylic acid groups (broad SMARTS) is 1. The van der Waals surface area contributed by atoms with Crippen molar-refractivity contribution in [2.75, 3.05) is 6.61 Å². The van der Waals surface area contributed by atoms with E-state index in [2.05, 4.69) is 4.98 Å². The Morgan fingerprint density at radius 1 is 1.25 bits per heavy atom. The zero-order valence-electron chi connectivity index (χ0n) is 15.7. The van der Waals surface area contributed by atoms with Crippen molar-refractivity contribution in [1.29, 1.82) is 0 Å². The Morgan fingerprint density at radius 2 is 2.04 bits per heavy atom. The number of ketones is 1. The van der Waals surface area contributed by atoms with E-state index in [1.807, 2.05) is 6.92 Å². The lowest BCUT2D eigenvalue weighted by atomic mass is 9.90. The number of aryl methyl sites for hydroxylation is 1. The third-order valence-electron chi connectivity index (χ3n) is 4.53. The molecule has 3 rings (SSSR count). The average Bonchev–Trinajstić information content (AvgIpc) is 2.98. The van der Waals surface area contributed by atoms with Crippen LogP contribution in [-0.4, -0.2) is 32.9 Å². The number of ether oxygens (including phenoxy) is 1. The molecule has 7 heteroatoms. The summed E-state index contributed by atoms with van der Waals surface area (Å²) in [7, 11) is 0. The number of Topliss-reactive ketones (excluding diaryl/α,β-unsaturated/α-hetero) is 1. The van der Waals surface area contributed by atoms with E-state index in [4.69, 9.17) is 16.3 Å². The number of carbonyl (C=O) groups is 2. The molecule has 1 N–H and O–H groups in total. The van der Waals surface area contributed by atoms with Crippen LogP contribution in [0.4, 0.5) is 0 Å². The Morgan fingerprint density at radius 3 is 2.71 bits per heavy atom. The minimum Gasteiger partial charge on any atom is -0.490 e. The molecule has 1 aromatic carbocycles. The van der Waals surface area contributed by atoms with Crippen LogP contribution in [-0.2, 0) is 4.79 Å². The van der Waals surface area contributed by atoms with E-state index in [9.17, 15) is 14.7 Å². The maximum atomic E-state index is 13.1. The molecule has 2 heterocycles. The predicted molar refractivity (Wildman–Crippen MR) is 106 cm³/mol. The van der Waals surface area contributed by atoms with Crippen molar-refractivity contribution in [3.05, 3.63) is 64.6 Å².